The van der Waals surface area contributed by atoms with Gasteiger partial charge in [-0.2, -0.15) is 0 Å². The highest BCUT2D eigenvalue weighted by Gasteiger charge is 2.35. The van der Waals surface area contributed by atoms with Gasteiger partial charge in [-0.1, -0.05) is 32.6 Å². The first-order valence-corrected chi connectivity index (χ1v) is 7.41. The molecular weight excluding hydrogens is 212 g/mol. The second kappa shape index (κ2) is 5.88. The van der Waals surface area contributed by atoms with Crippen molar-refractivity contribution in [3.8, 4) is 0 Å². The van der Waals surface area contributed by atoms with Crippen LogP contribution in [0, 0.1) is 17.8 Å². The zero-order chi connectivity index (χ0) is 12.3. The fourth-order valence-electron chi connectivity index (χ4n) is 3.47. The van der Waals surface area contributed by atoms with Crippen LogP contribution in [0.15, 0.2) is 0 Å². The van der Waals surface area contributed by atoms with Gasteiger partial charge in [-0.05, 0) is 44.4 Å². The predicted octanol–water partition coefficient (Wildman–Crippen LogP) is 3.93. The van der Waals surface area contributed by atoms with E-state index in [9.17, 15) is 4.79 Å². The summed E-state index contributed by atoms with van der Waals surface area (Å²) in [6, 6.07) is 0. The van der Waals surface area contributed by atoms with Crippen molar-refractivity contribution in [2.75, 3.05) is 0 Å². The summed E-state index contributed by atoms with van der Waals surface area (Å²) < 4.78 is 5.48. The van der Waals surface area contributed by atoms with E-state index >= 15 is 0 Å². The Bertz CT molecular complexity index is 262. The molecule has 4 atom stereocenters. The number of fused-ring (bicyclic) bond motifs is 1. The highest BCUT2D eigenvalue weighted by atomic mass is 16.5. The van der Waals surface area contributed by atoms with Crippen LogP contribution < -0.4 is 0 Å². The molecular formula is C15H26O2. The van der Waals surface area contributed by atoms with Crippen LogP contribution >= 0.6 is 0 Å². The average Bonchev–Trinajstić information content (AvgIpc) is 2.38. The fourth-order valence-corrected chi connectivity index (χ4v) is 3.47. The molecule has 0 spiro atoms. The van der Waals surface area contributed by atoms with Gasteiger partial charge >= 0.3 is 5.97 Å². The van der Waals surface area contributed by atoms with Gasteiger partial charge in [0, 0.05) is 0 Å². The summed E-state index contributed by atoms with van der Waals surface area (Å²) in [4.78, 5) is 12.0. The van der Waals surface area contributed by atoms with Crippen LogP contribution in [0.3, 0.4) is 0 Å². The third-order valence-electron chi connectivity index (χ3n) is 4.77. The van der Waals surface area contributed by atoms with Crippen molar-refractivity contribution in [2.45, 2.75) is 71.3 Å². The molecule has 0 aromatic heterocycles. The predicted molar refractivity (Wildman–Crippen MR) is 68.6 cm³/mol. The second-order valence-corrected chi connectivity index (χ2v) is 5.97. The normalized spacial score (nSPS) is 34.8. The van der Waals surface area contributed by atoms with E-state index in [0.29, 0.717) is 0 Å². The van der Waals surface area contributed by atoms with Gasteiger partial charge in [-0.3, -0.25) is 4.79 Å². The minimum Gasteiger partial charge on any atom is -0.462 e. The molecule has 0 heterocycles. The Morgan fingerprint density at radius 1 is 1.18 bits per heavy atom. The molecule has 0 aromatic rings. The van der Waals surface area contributed by atoms with E-state index in [1.54, 1.807) is 0 Å². The summed E-state index contributed by atoms with van der Waals surface area (Å²) >= 11 is 0. The molecule has 2 aliphatic carbocycles. The second-order valence-electron chi connectivity index (χ2n) is 5.97. The Balaban J connectivity index is 1.84. The van der Waals surface area contributed by atoms with E-state index in [1.165, 1.54) is 32.1 Å². The van der Waals surface area contributed by atoms with Crippen molar-refractivity contribution < 1.29 is 9.53 Å². The molecule has 17 heavy (non-hydrogen) atoms. The van der Waals surface area contributed by atoms with Crippen LogP contribution in [0.4, 0.5) is 0 Å². The zero-order valence-corrected chi connectivity index (χ0v) is 11.3. The SMILES string of the molecule is CCC(C)OC(=O)C1CCC2CCCCC2C1. The molecule has 2 fully saturated rings. The molecule has 2 rings (SSSR count). The van der Waals surface area contributed by atoms with E-state index in [0.717, 1.165) is 31.1 Å². The summed E-state index contributed by atoms with van der Waals surface area (Å²) in [5.74, 6) is 2.00. The molecule has 0 radical (unpaired) electrons. The third kappa shape index (κ3) is 3.23. The number of ether oxygens (including phenoxy) is 1. The van der Waals surface area contributed by atoms with Crippen molar-refractivity contribution in [1.82, 2.24) is 0 Å². The van der Waals surface area contributed by atoms with Crippen LogP contribution in [-0.2, 0) is 9.53 Å². The molecule has 2 heteroatoms. The van der Waals surface area contributed by atoms with Crippen molar-refractivity contribution >= 4 is 5.97 Å². The van der Waals surface area contributed by atoms with E-state index in [-0.39, 0.29) is 18.0 Å². The summed E-state index contributed by atoms with van der Waals surface area (Å²) in [7, 11) is 0. The number of rotatable bonds is 3. The number of carbonyl (C=O) groups is 1. The lowest BCUT2D eigenvalue weighted by atomic mass is 9.67. The fraction of sp³-hybridized carbons (Fsp3) is 0.933. The monoisotopic (exact) mass is 238 g/mol. The lowest BCUT2D eigenvalue weighted by Crippen LogP contribution is -2.33. The first-order chi connectivity index (χ1) is 8.20. The summed E-state index contributed by atoms with van der Waals surface area (Å²) in [5.41, 5.74) is 0. The van der Waals surface area contributed by atoms with Crippen molar-refractivity contribution in [3.63, 3.8) is 0 Å². The summed E-state index contributed by atoms with van der Waals surface area (Å²) in [5, 5.41) is 0. The van der Waals surface area contributed by atoms with Crippen LogP contribution in [0.1, 0.15) is 65.2 Å². The van der Waals surface area contributed by atoms with Gasteiger partial charge in [0.05, 0.1) is 12.0 Å². The highest BCUT2D eigenvalue weighted by molar-refractivity contribution is 5.72. The molecule has 98 valence electrons. The van der Waals surface area contributed by atoms with E-state index in [2.05, 4.69) is 6.92 Å². The first kappa shape index (κ1) is 12.9. The molecule has 0 aliphatic heterocycles. The molecule has 2 saturated carbocycles. The van der Waals surface area contributed by atoms with Crippen molar-refractivity contribution in [1.29, 1.82) is 0 Å². The van der Waals surface area contributed by atoms with Gasteiger partial charge in [-0.15, -0.1) is 0 Å². The number of hydrogen-bond donors (Lipinski definition) is 0. The maximum absolute atomic E-state index is 12.0. The van der Waals surface area contributed by atoms with Gasteiger partial charge in [-0.25, -0.2) is 0 Å². The van der Waals surface area contributed by atoms with Crippen LogP contribution in [0.5, 0.6) is 0 Å². The van der Waals surface area contributed by atoms with Gasteiger partial charge in [0.15, 0.2) is 0 Å². The molecule has 2 nitrogen and oxygen atoms in total. The molecule has 0 amide bonds. The standard InChI is InChI=1S/C15H26O2/c1-3-11(2)17-15(16)14-9-8-12-6-4-5-7-13(12)10-14/h11-14H,3-10H2,1-2H3. The van der Waals surface area contributed by atoms with E-state index in [1.807, 2.05) is 6.92 Å². The van der Waals surface area contributed by atoms with Crippen molar-refractivity contribution in [3.05, 3.63) is 0 Å². The van der Waals surface area contributed by atoms with Crippen LogP contribution in [-0.4, -0.2) is 12.1 Å². The average molecular weight is 238 g/mol. The first-order valence-electron chi connectivity index (χ1n) is 7.41. The maximum atomic E-state index is 12.0. The zero-order valence-electron chi connectivity index (χ0n) is 11.3. The van der Waals surface area contributed by atoms with Gasteiger partial charge < -0.3 is 4.74 Å². The third-order valence-corrected chi connectivity index (χ3v) is 4.77. The quantitative estimate of drug-likeness (QED) is 0.696. The highest BCUT2D eigenvalue weighted by Crippen LogP contribution is 2.43. The maximum Gasteiger partial charge on any atom is 0.309 e. The smallest absolute Gasteiger partial charge is 0.309 e. The van der Waals surface area contributed by atoms with Crippen LogP contribution in [0.2, 0.25) is 0 Å². The van der Waals surface area contributed by atoms with Crippen LogP contribution in [0.25, 0.3) is 0 Å². The Hall–Kier alpha value is -0.530. The topological polar surface area (TPSA) is 26.3 Å². The molecule has 0 aromatic carbocycles. The molecule has 4 unspecified atom stereocenters. The minimum absolute atomic E-state index is 0.0726. The molecule has 2 aliphatic rings. The lowest BCUT2D eigenvalue weighted by molar-refractivity contribution is -0.155. The Kier molecular flexibility index (Phi) is 4.47. The molecule has 0 bridgehead atoms. The van der Waals surface area contributed by atoms with Gasteiger partial charge in [0.2, 0.25) is 0 Å². The Labute approximate surface area is 105 Å². The minimum atomic E-state index is 0.0726. The number of esters is 1. The van der Waals surface area contributed by atoms with Gasteiger partial charge in [0.1, 0.15) is 0 Å². The van der Waals surface area contributed by atoms with Gasteiger partial charge in [0.25, 0.3) is 0 Å². The van der Waals surface area contributed by atoms with E-state index < -0.39 is 0 Å². The van der Waals surface area contributed by atoms with Crippen molar-refractivity contribution in [2.24, 2.45) is 17.8 Å². The summed E-state index contributed by atoms with van der Waals surface area (Å²) in [6.07, 6.45) is 9.95. The summed E-state index contributed by atoms with van der Waals surface area (Å²) in [6.45, 7) is 4.06. The Morgan fingerprint density at radius 2 is 1.88 bits per heavy atom. The number of carbonyl (C=O) groups excluding carboxylic acids is 1. The lowest BCUT2D eigenvalue weighted by Gasteiger charge is -2.38. The Morgan fingerprint density at radius 3 is 2.59 bits per heavy atom. The van der Waals surface area contributed by atoms with E-state index in [4.69, 9.17) is 4.74 Å². The largest absolute Gasteiger partial charge is 0.462 e. The molecule has 0 saturated heterocycles. The molecule has 0 N–H and O–H groups in total. The number of hydrogen-bond acceptors (Lipinski definition) is 2.